The van der Waals surface area contributed by atoms with E-state index in [0.717, 1.165) is 24.3 Å². The molecule has 3 rings (SSSR count). The van der Waals surface area contributed by atoms with Gasteiger partial charge in [0.25, 0.3) is 15.9 Å². The van der Waals surface area contributed by atoms with Crippen LogP contribution < -0.4 is 19.5 Å². The van der Waals surface area contributed by atoms with Gasteiger partial charge >= 0.3 is 0 Å². The van der Waals surface area contributed by atoms with Crippen LogP contribution in [0, 0.1) is 5.82 Å². The number of benzene rings is 3. The molecule has 0 radical (unpaired) electrons. The summed E-state index contributed by atoms with van der Waals surface area (Å²) >= 11 is 0. The molecule has 0 aliphatic heterocycles. The van der Waals surface area contributed by atoms with Crippen molar-refractivity contribution in [3.63, 3.8) is 0 Å². The second-order valence-electron chi connectivity index (χ2n) is 6.39. The molecule has 3 aromatic rings. The lowest BCUT2D eigenvalue weighted by molar-refractivity contribution is 0.102. The minimum atomic E-state index is -3.99. The molecule has 2 N–H and O–H groups in total. The van der Waals surface area contributed by atoms with Crippen molar-refractivity contribution in [3.8, 4) is 11.5 Å². The van der Waals surface area contributed by atoms with Crippen molar-refractivity contribution in [1.29, 1.82) is 0 Å². The lowest BCUT2D eigenvalue weighted by Crippen LogP contribution is -2.15. The Morgan fingerprint density at radius 3 is 2.29 bits per heavy atom. The van der Waals surface area contributed by atoms with Crippen molar-refractivity contribution in [2.75, 3.05) is 23.8 Å². The summed E-state index contributed by atoms with van der Waals surface area (Å²) in [7, 11) is -2.60. The topological polar surface area (TPSA) is 93.7 Å². The van der Waals surface area contributed by atoms with Crippen LogP contribution in [-0.2, 0) is 10.0 Å². The van der Waals surface area contributed by atoms with E-state index in [1.165, 1.54) is 19.2 Å². The molecule has 0 aliphatic carbocycles. The van der Waals surface area contributed by atoms with Crippen molar-refractivity contribution in [2.45, 2.75) is 11.8 Å². The molecule has 0 saturated carbocycles. The molecule has 0 heterocycles. The number of anilines is 2. The normalized spacial score (nSPS) is 10.9. The van der Waals surface area contributed by atoms with Crippen LogP contribution in [0.4, 0.5) is 15.8 Å². The van der Waals surface area contributed by atoms with Gasteiger partial charge in [0.1, 0.15) is 17.3 Å². The highest BCUT2D eigenvalue weighted by Gasteiger charge is 2.18. The molecule has 9 heteroatoms. The quantitative estimate of drug-likeness (QED) is 0.541. The van der Waals surface area contributed by atoms with Gasteiger partial charge in [-0.15, -0.1) is 0 Å². The van der Waals surface area contributed by atoms with Gasteiger partial charge in [0.2, 0.25) is 0 Å². The predicted octanol–water partition coefficient (Wildman–Crippen LogP) is 4.29. The SMILES string of the molecule is CCOc1ccc(C(=O)Nc2ccc(OC)c(NS(=O)(=O)c3ccc(F)cc3)c2)cc1. The highest BCUT2D eigenvalue weighted by Crippen LogP contribution is 2.30. The van der Waals surface area contributed by atoms with Crippen LogP contribution in [0.15, 0.2) is 71.6 Å². The Balaban J connectivity index is 1.81. The van der Waals surface area contributed by atoms with E-state index in [1.807, 2.05) is 6.92 Å². The van der Waals surface area contributed by atoms with E-state index < -0.39 is 15.8 Å². The summed E-state index contributed by atoms with van der Waals surface area (Å²) in [6, 6.07) is 15.6. The summed E-state index contributed by atoms with van der Waals surface area (Å²) in [5.74, 6) is -0.0122. The van der Waals surface area contributed by atoms with E-state index in [1.54, 1.807) is 30.3 Å². The van der Waals surface area contributed by atoms with Crippen molar-refractivity contribution < 1.29 is 27.1 Å². The molecule has 0 spiro atoms. The van der Waals surface area contributed by atoms with Crippen molar-refractivity contribution in [3.05, 3.63) is 78.1 Å². The number of nitrogens with one attached hydrogen (secondary N) is 2. The van der Waals surface area contributed by atoms with Gasteiger partial charge in [-0.1, -0.05) is 0 Å². The van der Waals surface area contributed by atoms with Crippen molar-refractivity contribution >= 4 is 27.3 Å². The van der Waals surface area contributed by atoms with Crippen LogP contribution in [0.1, 0.15) is 17.3 Å². The first kappa shape index (κ1) is 22.1. The summed E-state index contributed by atoms with van der Waals surface area (Å²) < 4.78 is 51.4. The van der Waals surface area contributed by atoms with Crippen LogP contribution in [0.2, 0.25) is 0 Å². The number of halogens is 1. The smallest absolute Gasteiger partial charge is 0.262 e. The molecule has 0 unspecified atom stereocenters. The maximum absolute atomic E-state index is 13.1. The number of sulfonamides is 1. The van der Waals surface area contributed by atoms with Gasteiger partial charge in [0.15, 0.2) is 0 Å². The standard InChI is InChI=1S/C22H21FN2O5S/c1-3-30-18-9-4-15(5-10-18)22(26)24-17-8-13-21(29-2)20(14-17)25-31(27,28)19-11-6-16(23)7-12-19/h4-14,25H,3H2,1-2H3,(H,24,26). The number of amides is 1. The number of carbonyl (C=O) groups is 1. The summed E-state index contributed by atoms with van der Waals surface area (Å²) in [4.78, 5) is 12.4. The fraction of sp³-hybridized carbons (Fsp3) is 0.136. The zero-order valence-electron chi connectivity index (χ0n) is 16.9. The second kappa shape index (κ2) is 9.48. The highest BCUT2D eigenvalue weighted by molar-refractivity contribution is 7.92. The Morgan fingerprint density at radius 1 is 1.00 bits per heavy atom. The first-order valence-electron chi connectivity index (χ1n) is 9.33. The fourth-order valence-electron chi connectivity index (χ4n) is 2.76. The maximum Gasteiger partial charge on any atom is 0.262 e. The summed E-state index contributed by atoms with van der Waals surface area (Å²) in [5.41, 5.74) is 0.889. The van der Waals surface area contributed by atoms with Crippen LogP contribution in [-0.4, -0.2) is 28.0 Å². The Kier molecular flexibility index (Phi) is 6.76. The molecular formula is C22H21FN2O5S. The third-order valence-electron chi connectivity index (χ3n) is 4.25. The summed E-state index contributed by atoms with van der Waals surface area (Å²) in [5, 5.41) is 2.71. The molecule has 1 amide bonds. The predicted molar refractivity (Wildman–Crippen MR) is 116 cm³/mol. The van der Waals surface area contributed by atoms with Gasteiger partial charge in [-0.25, -0.2) is 12.8 Å². The number of rotatable bonds is 8. The largest absolute Gasteiger partial charge is 0.495 e. The summed E-state index contributed by atoms with van der Waals surface area (Å²) in [6.45, 7) is 2.39. The lowest BCUT2D eigenvalue weighted by atomic mass is 10.2. The zero-order chi connectivity index (χ0) is 22.4. The lowest BCUT2D eigenvalue weighted by Gasteiger charge is -2.14. The number of methoxy groups -OCH3 is 1. The van der Waals surface area contributed by atoms with Crippen LogP contribution >= 0.6 is 0 Å². The van der Waals surface area contributed by atoms with Crippen LogP contribution in [0.3, 0.4) is 0 Å². The van der Waals surface area contributed by atoms with E-state index in [2.05, 4.69) is 10.0 Å². The first-order valence-corrected chi connectivity index (χ1v) is 10.8. The molecule has 0 aromatic heterocycles. The molecule has 0 bridgehead atoms. The van der Waals surface area contributed by atoms with E-state index in [0.29, 0.717) is 23.6 Å². The van der Waals surface area contributed by atoms with Crippen LogP contribution in [0.25, 0.3) is 0 Å². The fourth-order valence-corrected chi connectivity index (χ4v) is 3.82. The highest BCUT2D eigenvalue weighted by atomic mass is 32.2. The molecule has 0 atom stereocenters. The second-order valence-corrected chi connectivity index (χ2v) is 8.07. The molecule has 0 saturated heterocycles. The van der Waals surface area contributed by atoms with E-state index in [-0.39, 0.29) is 22.2 Å². The molecule has 0 aliphatic rings. The van der Waals surface area contributed by atoms with E-state index in [4.69, 9.17) is 9.47 Å². The van der Waals surface area contributed by atoms with Gasteiger partial charge in [0.05, 0.1) is 24.3 Å². The number of hydrogen-bond donors (Lipinski definition) is 2. The number of carbonyl (C=O) groups excluding carboxylic acids is 1. The maximum atomic E-state index is 13.1. The molecule has 0 fully saturated rings. The van der Waals surface area contributed by atoms with Gasteiger partial charge in [-0.2, -0.15) is 0 Å². The Bertz CT molecular complexity index is 1160. The van der Waals surface area contributed by atoms with Crippen LogP contribution in [0.5, 0.6) is 11.5 Å². The molecule has 31 heavy (non-hydrogen) atoms. The first-order chi connectivity index (χ1) is 14.8. The Labute approximate surface area is 179 Å². The van der Waals surface area contributed by atoms with Gasteiger partial charge in [-0.05, 0) is 73.7 Å². The average Bonchev–Trinajstić information content (AvgIpc) is 2.75. The van der Waals surface area contributed by atoms with Gasteiger partial charge in [0, 0.05) is 11.3 Å². The molecular weight excluding hydrogens is 423 g/mol. The molecule has 3 aromatic carbocycles. The minimum Gasteiger partial charge on any atom is -0.495 e. The molecule has 7 nitrogen and oxygen atoms in total. The van der Waals surface area contributed by atoms with Crippen molar-refractivity contribution in [1.82, 2.24) is 0 Å². The number of hydrogen-bond acceptors (Lipinski definition) is 5. The molecule has 162 valence electrons. The van der Waals surface area contributed by atoms with E-state index in [9.17, 15) is 17.6 Å². The van der Waals surface area contributed by atoms with Crippen molar-refractivity contribution in [2.24, 2.45) is 0 Å². The Hall–Kier alpha value is -3.59. The Morgan fingerprint density at radius 2 is 1.68 bits per heavy atom. The minimum absolute atomic E-state index is 0.111. The van der Waals surface area contributed by atoms with E-state index >= 15 is 0 Å². The van der Waals surface area contributed by atoms with Gasteiger partial charge < -0.3 is 14.8 Å². The summed E-state index contributed by atoms with van der Waals surface area (Å²) in [6.07, 6.45) is 0. The monoisotopic (exact) mass is 444 g/mol. The average molecular weight is 444 g/mol. The third kappa shape index (κ3) is 5.52. The zero-order valence-corrected chi connectivity index (χ0v) is 17.7. The third-order valence-corrected chi connectivity index (χ3v) is 5.63. The number of ether oxygens (including phenoxy) is 2. The van der Waals surface area contributed by atoms with Gasteiger partial charge in [-0.3, -0.25) is 9.52 Å².